The molecule has 0 radical (unpaired) electrons. The number of aryl methyl sites for hydroxylation is 1. The molecular formula is C11H16BrNO. The Kier molecular flexibility index (Phi) is 4.98. The van der Waals surface area contributed by atoms with Gasteiger partial charge in [0.05, 0.1) is 0 Å². The first kappa shape index (κ1) is 11.5. The van der Waals surface area contributed by atoms with E-state index in [0.717, 1.165) is 29.7 Å². The molecule has 1 aromatic rings. The molecule has 0 amide bonds. The standard InChI is InChI=1S/C11H16BrNO/c1-9-4-5-11(10(12)8-9)13-6-3-7-14-2/h4-5,8,13H,3,6-7H2,1-2H3. The number of halogens is 1. The van der Waals surface area contributed by atoms with E-state index in [1.807, 2.05) is 0 Å². The molecule has 3 heteroatoms. The molecule has 0 bridgehead atoms. The maximum atomic E-state index is 4.98. The number of ether oxygens (including phenoxy) is 1. The summed E-state index contributed by atoms with van der Waals surface area (Å²) in [6, 6.07) is 6.30. The third-order valence-electron chi connectivity index (χ3n) is 1.97. The van der Waals surface area contributed by atoms with Gasteiger partial charge in [0.2, 0.25) is 0 Å². The van der Waals surface area contributed by atoms with Crippen LogP contribution in [0.15, 0.2) is 22.7 Å². The molecule has 1 rings (SSSR count). The zero-order valence-corrected chi connectivity index (χ0v) is 10.2. The lowest BCUT2D eigenvalue weighted by Gasteiger charge is -2.08. The van der Waals surface area contributed by atoms with Crippen molar-refractivity contribution in [2.24, 2.45) is 0 Å². The number of nitrogens with one attached hydrogen (secondary N) is 1. The molecule has 0 heterocycles. The highest BCUT2D eigenvalue weighted by Gasteiger charge is 1.98. The first-order chi connectivity index (χ1) is 6.74. The van der Waals surface area contributed by atoms with E-state index in [1.165, 1.54) is 5.56 Å². The highest BCUT2D eigenvalue weighted by Crippen LogP contribution is 2.23. The fourth-order valence-corrected chi connectivity index (χ4v) is 1.84. The predicted octanol–water partition coefficient (Wildman–Crippen LogP) is 3.21. The number of methoxy groups -OCH3 is 1. The van der Waals surface area contributed by atoms with Crippen molar-refractivity contribution in [1.82, 2.24) is 0 Å². The number of benzene rings is 1. The molecule has 0 fully saturated rings. The monoisotopic (exact) mass is 257 g/mol. The smallest absolute Gasteiger partial charge is 0.0484 e. The summed E-state index contributed by atoms with van der Waals surface area (Å²) in [5.74, 6) is 0. The van der Waals surface area contributed by atoms with Crippen LogP contribution >= 0.6 is 15.9 Å². The van der Waals surface area contributed by atoms with Gasteiger partial charge in [-0.3, -0.25) is 0 Å². The van der Waals surface area contributed by atoms with Gasteiger partial charge in [-0.15, -0.1) is 0 Å². The SMILES string of the molecule is COCCCNc1ccc(C)cc1Br. The van der Waals surface area contributed by atoms with Crippen LogP contribution in [0.1, 0.15) is 12.0 Å². The normalized spacial score (nSPS) is 10.2. The van der Waals surface area contributed by atoms with E-state index in [9.17, 15) is 0 Å². The molecule has 0 spiro atoms. The summed E-state index contributed by atoms with van der Waals surface area (Å²) in [6.45, 7) is 3.82. The molecule has 0 unspecified atom stereocenters. The van der Waals surface area contributed by atoms with Crippen LogP contribution in [0, 0.1) is 6.92 Å². The lowest BCUT2D eigenvalue weighted by molar-refractivity contribution is 0.198. The van der Waals surface area contributed by atoms with Crippen molar-refractivity contribution in [2.75, 3.05) is 25.6 Å². The molecule has 0 atom stereocenters. The Morgan fingerprint density at radius 2 is 2.21 bits per heavy atom. The van der Waals surface area contributed by atoms with Crippen molar-refractivity contribution in [3.05, 3.63) is 28.2 Å². The minimum atomic E-state index is 0.802. The van der Waals surface area contributed by atoms with Gasteiger partial charge in [-0.1, -0.05) is 6.07 Å². The largest absolute Gasteiger partial charge is 0.385 e. The summed E-state index contributed by atoms with van der Waals surface area (Å²) in [4.78, 5) is 0. The third kappa shape index (κ3) is 3.68. The van der Waals surface area contributed by atoms with E-state index in [4.69, 9.17) is 4.74 Å². The first-order valence-corrected chi connectivity index (χ1v) is 5.52. The van der Waals surface area contributed by atoms with Crippen LogP contribution < -0.4 is 5.32 Å². The molecule has 78 valence electrons. The summed E-state index contributed by atoms with van der Waals surface area (Å²) >= 11 is 3.52. The Bertz CT molecular complexity index is 289. The molecule has 0 saturated carbocycles. The van der Waals surface area contributed by atoms with E-state index in [0.29, 0.717) is 0 Å². The molecule has 1 N–H and O–H groups in total. The highest BCUT2D eigenvalue weighted by atomic mass is 79.9. The number of anilines is 1. The van der Waals surface area contributed by atoms with Crippen LogP contribution in [0.4, 0.5) is 5.69 Å². The number of hydrogen-bond donors (Lipinski definition) is 1. The van der Waals surface area contributed by atoms with Gasteiger partial charge in [0.25, 0.3) is 0 Å². The highest BCUT2D eigenvalue weighted by molar-refractivity contribution is 9.10. The summed E-state index contributed by atoms with van der Waals surface area (Å²) in [5.41, 5.74) is 2.41. The summed E-state index contributed by atoms with van der Waals surface area (Å²) < 4.78 is 6.10. The average Bonchev–Trinajstić information content (AvgIpc) is 2.15. The van der Waals surface area contributed by atoms with Crippen molar-refractivity contribution in [2.45, 2.75) is 13.3 Å². The van der Waals surface area contributed by atoms with Crippen molar-refractivity contribution in [3.63, 3.8) is 0 Å². The lowest BCUT2D eigenvalue weighted by Crippen LogP contribution is -2.04. The van der Waals surface area contributed by atoms with Crippen molar-refractivity contribution in [3.8, 4) is 0 Å². The number of hydrogen-bond acceptors (Lipinski definition) is 2. The summed E-state index contributed by atoms with van der Waals surface area (Å²) in [5, 5.41) is 3.35. The van der Waals surface area contributed by atoms with Crippen LogP contribution in [-0.2, 0) is 4.74 Å². The maximum Gasteiger partial charge on any atom is 0.0484 e. The van der Waals surface area contributed by atoms with E-state index >= 15 is 0 Å². The molecule has 2 nitrogen and oxygen atoms in total. The second-order valence-corrected chi connectivity index (χ2v) is 4.11. The van der Waals surface area contributed by atoms with Gasteiger partial charge >= 0.3 is 0 Å². The fraction of sp³-hybridized carbons (Fsp3) is 0.455. The van der Waals surface area contributed by atoms with Crippen molar-refractivity contribution in [1.29, 1.82) is 0 Å². The first-order valence-electron chi connectivity index (χ1n) is 4.73. The third-order valence-corrected chi connectivity index (χ3v) is 2.62. The van der Waals surface area contributed by atoms with E-state index in [1.54, 1.807) is 7.11 Å². The minimum absolute atomic E-state index is 0.802. The molecule has 0 aromatic heterocycles. The van der Waals surface area contributed by atoms with Crippen LogP contribution in [0.25, 0.3) is 0 Å². The van der Waals surface area contributed by atoms with Gasteiger partial charge in [0.1, 0.15) is 0 Å². The quantitative estimate of drug-likeness (QED) is 0.819. The van der Waals surface area contributed by atoms with Gasteiger partial charge in [-0.2, -0.15) is 0 Å². The second-order valence-electron chi connectivity index (χ2n) is 3.26. The zero-order chi connectivity index (χ0) is 10.4. The Labute approximate surface area is 93.8 Å². The average molecular weight is 258 g/mol. The molecular weight excluding hydrogens is 242 g/mol. The minimum Gasteiger partial charge on any atom is -0.385 e. The maximum absolute atomic E-state index is 4.98. The molecule has 1 aromatic carbocycles. The molecule has 0 aliphatic rings. The van der Waals surface area contributed by atoms with Crippen LogP contribution in [0.3, 0.4) is 0 Å². The summed E-state index contributed by atoms with van der Waals surface area (Å²) in [7, 11) is 1.72. The Morgan fingerprint density at radius 1 is 1.43 bits per heavy atom. The van der Waals surface area contributed by atoms with Crippen LogP contribution in [-0.4, -0.2) is 20.3 Å². The second kappa shape index (κ2) is 6.04. The fourth-order valence-electron chi connectivity index (χ4n) is 1.20. The van der Waals surface area contributed by atoms with E-state index in [2.05, 4.69) is 46.4 Å². The van der Waals surface area contributed by atoms with Gasteiger partial charge < -0.3 is 10.1 Å². The molecule has 0 aliphatic heterocycles. The van der Waals surface area contributed by atoms with Gasteiger partial charge in [-0.25, -0.2) is 0 Å². The van der Waals surface area contributed by atoms with E-state index in [-0.39, 0.29) is 0 Å². The number of rotatable bonds is 5. The lowest BCUT2D eigenvalue weighted by atomic mass is 10.2. The Balaban J connectivity index is 2.42. The molecule has 14 heavy (non-hydrogen) atoms. The zero-order valence-electron chi connectivity index (χ0n) is 8.64. The predicted molar refractivity (Wildman–Crippen MR) is 63.9 cm³/mol. The topological polar surface area (TPSA) is 21.3 Å². The molecule has 0 aliphatic carbocycles. The summed E-state index contributed by atoms with van der Waals surface area (Å²) in [6.07, 6.45) is 1.02. The van der Waals surface area contributed by atoms with E-state index < -0.39 is 0 Å². The van der Waals surface area contributed by atoms with Gasteiger partial charge in [0, 0.05) is 30.4 Å². The van der Waals surface area contributed by atoms with Crippen molar-refractivity contribution < 1.29 is 4.74 Å². The Hall–Kier alpha value is -0.540. The molecule has 0 saturated heterocycles. The van der Waals surface area contributed by atoms with Crippen LogP contribution in [0.5, 0.6) is 0 Å². The Morgan fingerprint density at radius 3 is 2.86 bits per heavy atom. The van der Waals surface area contributed by atoms with Crippen LogP contribution in [0.2, 0.25) is 0 Å². The van der Waals surface area contributed by atoms with Crippen molar-refractivity contribution >= 4 is 21.6 Å². The van der Waals surface area contributed by atoms with Gasteiger partial charge in [0.15, 0.2) is 0 Å². The van der Waals surface area contributed by atoms with Gasteiger partial charge in [-0.05, 0) is 47.0 Å².